The lowest BCUT2D eigenvalue weighted by Crippen LogP contribution is -2.03. The van der Waals surface area contributed by atoms with Crippen molar-refractivity contribution >= 4 is 23.0 Å². The zero-order valence-electron chi connectivity index (χ0n) is 6.62. The lowest BCUT2D eigenvalue weighted by Gasteiger charge is -2.00. The standard InChI is InChI=1S/C8H11NO2S/c10-8(11)2-1-4-9-7-3-5-12-6-7/h3,5-6,9H,1-2,4H2,(H,10,11). The Kier molecular flexibility index (Phi) is 3.60. The minimum absolute atomic E-state index is 0.233. The first-order valence-corrected chi connectivity index (χ1v) is 4.71. The molecule has 0 saturated heterocycles. The molecule has 0 unspecified atom stereocenters. The van der Waals surface area contributed by atoms with Crippen molar-refractivity contribution in [2.75, 3.05) is 11.9 Å². The first kappa shape index (κ1) is 9.06. The zero-order chi connectivity index (χ0) is 8.81. The van der Waals surface area contributed by atoms with Gasteiger partial charge in [-0.3, -0.25) is 4.79 Å². The third-order valence-corrected chi connectivity index (χ3v) is 2.10. The lowest BCUT2D eigenvalue weighted by atomic mass is 10.3. The Hall–Kier alpha value is -1.03. The topological polar surface area (TPSA) is 49.3 Å². The number of aliphatic carboxylic acids is 1. The highest BCUT2D eigenvalue weighted by molar-refractivity contribution is 7.08. The molecule has 0 bridgehead atoms. The van der Waals surface area contributed by atoms with Crippen LogP contribution in [0.2, 0.25) is 0 Å². The average molecular weight is 185 g/mol. The van der Waals surface area contributed by atoms with E-state index in [1.807, 2.05) is 16.8 Å². The van der Waals surface area contributed by atoms with Gasteiger partial charge >= 0.3 is 5.97 Å². The SMILES string of the molecule is O=C(O)CCCNc1ccsc1. The Bertz CT molecular complexity index is 233. The minimum Gasteiger partial charge on any atom is -0.481 e. The Balaban J connectivity index is 2.07. The summed E-state index contributed by atoms with van der Waals surface area (Å²) in [5, 5.41) is 15.5. The first-order chi connectivity index (χ1) is 5.79. The Morgan fingerprint density at radius 2 is 2.50 bits per heavy atom. The molecule has 66 valence electrons. The number of anilines is 1. The summed E-state index contributed by atoms with van der Waals surface area (Å²) in [6.07, 6.45) is 0.905. The summed E-state index contributed by atoms with van der Waals surface area (Å²) >= 11 is 1.63. The number of carbonyl (C=O) groups is 1. The molecule has 0 spiro atoms. The molecule has 0 saturated carbocycles. The maximum atomic E-state index is 10.1. The predicted octanol–water partition coefficient (Wildman–Crippen LogP) is 2.02. The third kappa shape index (κ3) is 3.39. The molecule has 2 N–H and O–H groups in total. The summed E-state index contributed by atoms with van der Waals surface area (Å²) in [5.74, 6) is -0.734. The molecule has 0 amide bonds. The van der Waals surface area contributed by atoms with Crippen LogP contribution in [0.1, 0.15) is 12.8 Å². The van der Waals surface area contributed by atoms with Crippen LogP contribution in [-0.4, -0.2) is 17.6 Å². The maximum absolute atomic E-state index is 10.1. The van der Waals surface area contributed by atoms with Crippen LogP contribution >= 0.6 is 11.3 Å². The second kappa shape index (κ2) is 4.77. The molecule has 1 aromatic rings. The highest BCUT2D eigenvalue weighted by Crippen LogP contribution is 2.11. The molecule has 1 aromatic heterocycles. The van der Waals surface area contributed by atoms with Crippen molar-refractivity contribution in [2.24, 2.45) is 0 Å². The van der Waals surface area contributed by atoms with Gasteiger partial charge in [0.15, 0.2) is 0 Å². The number of thiophene rings is 1. The highest BCUT2D eigenvalue weighted by atomic mass is 32.1. The molecule has 0 atom stereocenters. The van der Waals surface area contributed by atoms with E-state index >= 15 is 0 Å². The van der Waals surface area contributed by atoms with Crippen LogP contribution in [0.15, 0.2) is 16.8 Å². The number of rotatable bonds is 5. The Morgan fingerprint density at radius 3 is 3.08 bits per heavy atom. The number of hydrogen-bond acceptors (Lipinski definition) is 3. The predicted molar refractivity (Wildman–Crippen MR) is 49.7 cm³/mol. The van der Waals surface area contributed by atoms with Gasteiger partial charge in [-0.2, -0.15) is 11.3 Å². The molecule has 1 heterocycles. The van der Waals surface area contributed by atoms with Gasteiger partial charge in [0.1, 0.15) is 0 Å². The molecule has 0 radical (unpaired) electrons. The number of nitrogens with one attached hydrogen (secondary N) is 1. The molecule has 0 aliphatic heterocycles. The van der Waals surface area contributed by atoms with Gasteiger partial charge in [0, 0.05) is 24.0 Å². The van der Waals surface area contributed by atoms with Gasteiger partial charge in [-0.25, -0.2) is 0 Å². The maximum Gasteiger partial charge on any atom is 0.303 e. The van der Waals surface area contributed by atoms with E-state index in [1.165, 1.54) is 0 Å². The normalized spacial score (nSPS) is 9.67. The molecule has 12 heavy (non-hydrogen) atoms. The third-order valence-electron chi connectivity index (χ3n) is 1.42. The monoisotopic (exact) mass is 185 g/mol. The van der Waals surface area contributed by atoms with Crippen LogP contribution < -0.4 is 5.32 Å². The van der Waals surface area contributed by atoms with E-state index in [1.54, 1.807) is 11.3 Å². The largest absolute Gasteiger partial charge is 0.481 e. The van der Waals surface area contributed by atoms with Crippen molar-refractivity contribution in [1.29, 1.82) is 0 Å². The molecule has 0 aromatic carbocycles. The van der Waals surface area contributed by atoms with Gasteiger partial charge in [0.25, 0.3) is 0 Å². The Labute approximate surface area is 75.0 Å². The molecule has 3 nitrogen and oxygen atoms in total. The van der Waals surface area contributed by atoms with E-state index in [9.17, 15) is 4.79 Å². The first-order valence-electron chi connectivity index (χ1n) is 3.77. The van der Waals surface area contributed by atoms with E-state index in [0.29, 0.717) is 6.42 Å². The fourth-order valence-electron chi connectivity index (χ4n) is 0.837. The Morgan fingerprint density at radius 1 is 1.67 bits per heavy atom. The van der Waals surface area contributed by atoms with Crippen LogP contribution in [-0.2, 0) is 4.79 Å². The van der Waals surface area contributed by atoms with Gasteiger partial charge < -0.3 is 10.4 Å². The molecule has 0 aliphatic carbocycles. The zero-order valence-corrected chi connectivity index (χ0v) is 7.43. The molecule has 0 aliphatic rings. The van der Waals surface area contributed by atoms with Crippen LogP contribution in [0.25, 0.3) is 0 Å². The summed E-state index contributed by atoms with van der Waals surface area (Å²) in [6, 6.07) is 1.98. The number of hydrogen-bond donors (Lipinski definition) is 2. The minimum atomic E-state index is -0.734. The fraction of sp³-hybridized carbons (Fsp3) is 0.375. The summed E-state index contributed by atoms with van der Waals surface area (Å²) in [4.78, 5) is 10.1. The van der Waals surface area contributed by atoms with Crippen molar-refractivity contribution in [3.63, 3.8) is 0 Å². The summed E-state index contributed by atoms with van der Waals surface area (Å²) < 4.78 is 0. The summed E-state index contributed by atoms with van der Waals surface area (Å²) in [7, 11) is 0. The average Bonchev–Trinajstić information content (AvgIpc) is 2.49. The van der Waals surface area contributed by atoms with Gasteiger partial charge in [-0.05, 0) is 17.9 Å². The molecule has 1 rings (SSSR count). The quantitative estimate of drug-likeness (QED) is 0.690. The second-order valence-corrected chi connectivity index (χ2v) is 3.22. The second-order valence-electron chi connectivity index (χ2n) is 2.44. The molecule has 0 fully saturated rings. The smallest absolute Gasteiger partial charge is 0.303 e. The van der Waals surface area contributed by atoms with Crippen LogP contribution in [0.3, 0.4) is 0 Å². The van der Waals surface area contributed by atoms with Gasteiger partial charge in [-0.15, -0.1) is 0 Å². The van der Waals surface area contributed by atoms with E-state index in [4.69, 9.17) is 5.11 Å². The van der Waals surface area contributed by atoms with Gasteiger partial charge in [0.2, 0.25) is 0 Å². The molecular formula is C8H11NO2S. The van der Waals surface area contributed by atoms with Crippen molar-refractivity contribution in [3.05, 3.63) is 16.8 Å². The molecule has 4 heteroatoms. The van der Waals surface area contributed by atoms with Crippen molar-refractivity contribution in [3.8, 4) is 0 Å². The number of carboxylic acids is 1. The summed E-state index contributed by atoms with van der Waals surface area (Å²) in [5.41, 5.74) is 1.07. The molecular weight excluding hydrogens is 174 g/mol. The fourth-order valence-corrected chi connectivity index (χ4v) is 1.45. The van der Waals surface area contributed by atoms with E-state index in [-0.39, 0.29) is 6.42 Å². The van der Waals surface area contributed by atoms with Crippen molar-refractivity contribution in [1.82, 2.24) is 0 Å². The van der Waals surface area contributed by atoms with Crippen molar-refractivity contribution in [2.45, 2.75) is 12.8 Å². The van der Waals surface area contributed by atoms with Gasteiger partial charge in [-0.1, -0.05) is 0 Å². The summed E-state index contributed by atoms with van der Waals surface area (Å²) in [6.45, 7) is 0.725. The van der Waals surface area contributed by atoms with Gasteiger partial charge in [0.05, 0.1) is 0 Å². The van der Waals surface area contributed by atoms with Crippen LogP contribution in [0, 0.1) is 0 Å². The van der Waals surface area contributed by atoms with Crippen LogP contribution in [0.4, 0.5) is 5.69 Å². The van der Waals surface area contributed by atoms with E-state index in [0.717, 1.165) is 12.2 Å². The van der Waals surface area contributed by atoms with Crippen molar-refractivity contribution < 1.29 is 9.90 Å². The van der Waals surface area contributed by atoms with E-state index < -0.39 is 5.97 Å². The number of carboxylic acid groups (broad SMARTS) is 1. The lowest BCUT2D eigenvalue weighted by molar-refractivity contribution is -0.137. The van der Waals surface area contributed by atoms with Crippen LogP contribution in [0.5, 0.6) is 0 Å². The van der Waals surface area contributed by atoms with E-state index in [2.05, 4.69) is 5.32 Å². The highest BCUT2D eigenvalue weighted by Gasteiger charge is 1.95.